The molecule has 2 aromatic carbocycles. The third-order valence-electron chi connectivity index (χ3n) is 4.63. The summed E-state index contributed by atoms with van der Waals surface area (Å²) in [5, 5.41) is 1.07. The highest BCUT2D eigenvalue weighted by Crippen LogP contribution is 2.19. The number of carbonyl (C=O) groups is 1. The lowest BCUT2D eigenvalue weighted by Crippen LogP contribution is -2.39. The second-order valence-corrected chi connectivity index (χ2v) is 10.4. The predicted octanol–water partition coefficient (Wildman–Crippen LogP) is 3.82. The minimum absolute atomic E-state index is 0.119. The quantitative estimate of drug-likeness (QED) is 0.483. The van der Waals surface area contributed by atoms with Crippen molar-refractivity contribution in [3.05, 3.63) is 82.1 Å². The predicted molar refractivity (Wildman–Crippen MR) is 118 cm³/mol. The number of aromatic nitrogens is 1. The van der Waals surface area contributed by atoms with E-state index in [1.807, 2.05) is 30.3 Å². The molecule has 0 N–H and O–H groups in total. The van der Waals surface area contributed by atoms with Gasteiger partial charge in [-0.25, -0.2) is 17.8 Å². The first-order valence-electron chi connectivity index (χ1n) is 9.57. The first-order chi connectivity index (χ1) is 14.7. The highest BCUT2D eigenvalue weighted by atomic mass is 32.2. The standard InChI is InChI=1S/C22H23FN2O4S2/c1-16(22(26)25(2)12-17-7-6-8-18(23)11-17)31(27,28)15-19-14-30-21(24-19)13-29-20-9-4-3-5-10-20/h3-11,14,16H,12-13,15H2,1-2H3. The number of para-hydroxylation sites is 1. The zero-order valence-electron chi connectivity index (χ0n) is 17.2. The number of benzene rings is 2. The molecule has 31 heavy (non-hydrogen) atoms. The summed E-state index contributed by atoms with van der Waals surface area (Å²) in [5.74, 6) is -0.593. The Balaban J connectivity index is 1.59. The molecule has 0 fully saturated rings. The Morgan fingerprint density at radius 1 is 1.19 bits per heavy atom. The number of nitrogens with zero attached hydrogens (tertiary/aromatic N) is 2. The Kier molecular flexibility index (Phi) is 7.40. The normalized spacial score (nSPS) is 12.4. The van der Waals surface area contributed by atoms with E-state index in [1.54, 1.807) is 17.5 Å². The van der Waals surface area contributed by atoms with Crippen LogP contribution in [0.15, 0.2) is 60.0 Å². The van der Waals surface area contributed by atoms with Crippen molar-refractivity contribution >= 4 is 27.1 Å². The lowest BCUT2D eigenvalue weighted by atomic mass is 10.2. The van der Waals surface area contributed by atoms with Crippen molar-refractivity contribution in [1.29, 1.82) is 0 Å². The maximum atomic E-state index is 13.3. The molecule has 1 heterocycles. The number of halogens is 1. The number of hydrogen-bond acceptors (Lipinski definition) is 6. The van der Waals surface area contributed by atoms with Crippen LogP contribution in [0.5, 0.6) is 5.75 Å². The van der Waals surface area contributed by atoms with Gasteiger partial charge in [0.05, 0.1) is 11.4 Å². The first kappa shape index (κ1) is 22.9. The molecule has 1 atom stereocenters. The van der Waals surface area contributed by atoms with E-state index < -0.39 is 26.8 Å². The van der Waals surface area contributed by atoms with Gasteiger partial charge in [-0.05, 0) is 36.8 Å². The molecule has 6 nitrogen and oxygen atoms in total. The SMILES string of the molecule is CC(C(=O)N(C)Cc1cccc(F)c1)S(=O)(=O)Cc1csc(COc2ccccc2)n1. The fourth-order valence-corrected chi connectivity index (χ4v) is 5.03. The number of sulfone groups is 1. The van der Waals surface area contributed by atoms with Gasteiger partial charge in [-0.2, -0.15) is 0 Å². The number of ether oxygens (including phenoxy) is 1. The molecule has 0 saturated heterocycles. The molecule has 0 bridgehead atoms. The van der Waals surface area contributed by atoms with Crippen molar-refractivity contribution in [2.24, 2.45) is 0 Å². The molecule has 1 amide bonds. The Labute approximate surface area is 185 Å². The minimum Gasteiger partial charge on any atom is -0.486 e. The molecule has 1 aromatic heterocycles. The van der Waals surface area contributed by atoms with Crippen molar-refractivity contribution in [2.45, 2.75) is 31.1 Å². The highest BCUT2D eigenvalue weighted by molar-refractivity contribution is 7.92. The van der Waals surface area contributed by atoms with Crippen LogP contribution in [0.1, 0.15) is 23.2 Å². The van der Waals surface area contributed by atoms with Crippen molar-refractivity contribution in [2.75, 3.05) is 7.05 Å². The van der Waals surface area contributed by atoms with E-state index >= 15 is 0 Å². The third-order valence-corrected chi connectivity index (χ3v) is 7.47. The van der Waals surface area contributed by atoms with Gasteiger partial charge >= 0.3 is 0 Å². The van der Waals surface area contributed by atoms with Crippen molar-refractivity contribution in [3.63, 3.8) is 0 Å². The van der Waals surface area contributed by atoms with E-state index in [-0.39, 0.29) is 18.9 Å². The highest BCUT2D eigenvalue weighted by Gasteiger charge is 2.31. The van der Waals surface area contributed by atoms with Crippen LogP contribution in [0.4, 0.5) is 4.39 Å². The van der Waals surface area contributed by atoms with Crippen LogP contribution in [-0.2, 0) is 33.5 Å². The summed E-state index contributed by atoms with van der Waals surface area (Å²) in [6, 6.07) is 15.1. The van der Waals surface area contributed by atoms with Crippen LogP contribution in [0.3, 0.4) is 0 Å². The summed E-state index contributed by atoms with van der Waals surface area (Å²) in [5.41, 5.74) is 0.965. The van der Waals surface area contributed by atoms with Gasteiger partial charge in [0.15, 0.2) is 9.84 Å². The summed E-state index contributed by atoms with van der Waals surface area (Å²) in [6.45, 7) is 1.72. The molecule has 0 spiro atoms. The maximum Gasteiger partial charge on any atom is 0.240 e. The molecule has 3 rings (SSSR count). The lowest BCUT2D eigenvalue weighted by Gasteiger charge is -2.21. The molecular formula is C22H23FN2O4S2. The van der Waals surface area contributed by atoms with Crippen LogP contribution in [0, 0.1) is 5.82 Å². The molecule has 164 valence electrons. The summed E-state index contributed by atoms with van der Waals surface area (Å²) < 4.78 is 44.5. The Morgan fingerprint density at radius 3 is 2.65 bits per heavy atom. The second kappa shape index (κ2) is 10.0. The van der Waals surface area contributed by atoms with Crippen molar-refractivity contribution < 1.29 is 22.3 Å². The Hall–Kier alpha value is -2.78. The van der Waals surface area contributed by atoms with Gasteiger partial charge in [-0.15, -0.1) is 11.3 Å². The lowest BCUT2D eigenvalue weighted by molar-refractivity contribution is -0.129. The largest absolute Gasteiger partial charge is 0.486 e. The van der Waals surface area contributed by atoms with E-state index in [4.69, 9.17) is 4.74 Å². The monoisotopic (exact) mass is 462 g/mol. The Morgan fingerprint density at radius 2 is 1.94 bits per heavy atom. The molecule has 0 radical (unpaired) electrons. The van der Waals surface area contributed by atoms with Gasteiger partial charge in [0.25, 0.3) is 0 Å². The smallest absolute Gasteiger partial charge is 0.240 e. The number of amides is 1. The van der Waals surface area contributed by atoms with E-state index in [0.717, 1.165) is 0 Å². The van der Waals surface area contributed by atoms with Crippen LogP contribution in [0.25, 0.3) is 0 Å². The topological polar surface area (TPSA) is 76.6 Å². The number of carbonyl (C=O) groups excluding carboxylic acids is 1. The molecule has 0 aliphatic rings. The van der Waals surface area contributed by atoms with Crippen molar-refractivity contribution in [3.8, 4) is 5.75 Å². The first-order valence-corrected chi connectivity index (χ1v) is 12.2. The fraction of sp³-hybridized carbons (Fsp3) is 0.273. The van der Waals surface area contributed by atoms with Gasteiger partial charge in [-0.1, -0.05) is 30.3 Å². The Bertz CT molecular complexity index is 1130. The van der Waals surface area contributed by atoms with Gasteiger partial charge < -0.3 is 9.64 Å². The van der Waals surface area contributed by atoms with Gasteiger partial charge in [-0.3, -0.25) is 4.79 Å². The maximum absolute atomic E-state index is 13.3. The summed E-state index contributed by atoms with van der Waals surface area (Å²) >= 11 is 1.31. The van der Waals surface area contributed by atoms with Gasteiger partial charge in [0.1, 0.15) is 28.4 Å². The van der Waals surface area contributed by atoms with E-state index in [1.165, 1.54) is 42.3 Å². The van der Waals surface area contributed by atoms with E-state index in [0.29, 0.717) is 22.0 Å². The second-order valence-electron chi connectivity index (χ2n) is 7.11. The number of rotatable bonds is 9. The zero-order valence-corrected chi connectivity index (χ0v) is 18.8. The van der Waals surface area contributed by atoms with Crippen LogP contribution in [0.2, 0.25) is 0 Å². The third kappa shape index (κ3) is 6.35. The average Bonchev–Trinajstić information content (AvgIpc) is 3.18. The molecule has 0 saturated carbocycles. The van der Waals surface area contributed by atoms with E-state index in [2.05, 4.69) is 4.98 Å². The van der Waals surface area contributed by atoms with Crippen LogP contribution in [-0.4, -0.2) is 36.5 Å². The molecular weight excluding hydrogens is 439 g/mol. The van der Waals surface area contributed by atoms with Gasteiger partial charge in [0.2, 0.25) is 5.91 Å². The molecule has 0 aliphatic carbocycles. The van der Waals surface area contributed by atoms with Crippen LogP contribution < -0.4 is 4.74 Å². The van der Waals surface area contributed by atoms with E-state index in [9.17, 15) is 17.6 Å². The molecule has 0 aliphatic heterocycles. The fourth-order valence-electron chi connectivity index (χ4n) is 2.93. The summed E-state index contributed by atoms with van der Waals surface area (Å²) in [7, 11) is -2.27. The number of hydrogen-bond donors (Lipinski definition) is 0. The average molecular weight is 463 g/mol. The van der Waals surface area contributed by atoms with Crippen molar-refractivity contribution in [1.82, 2.24) is 9.88 Å². The molecule has 1 unspecified atom stereocenters. The molecule has 3 aromatic rings. The zero-order chi connectivity index (χ0) is 22.4. The van der Waals surface area contributed by atoms with Gasteiger partial charge in [0, 0.05) is 19.0 Å². The minimum atomic E-state index is -3.77. The van der Waals surface area contributed by atoms with Crippen LogP contribution >= 0.6 is 11.3 Å². The summed E-state index contributed by atoms with van der Waals surface area (Å²) in [4.78, 5) is 18.3. The number of thiazole rings is 1. The summed E-state index contributed by atoms with van der Waals surface area (Å²) in [6.07, 6.45) is 0. The molecule has 9 heteroatoms.